The van der Waals surface area contributed by atoms with Gasteiger partial charge < -0.3 is 10.4 Å². The van der Waals surface area contributed by atoms with Crippen LogP contribution in [-0.4, -0.2) is 29.5 Å². The average molecular weight is 250 g/mol. The number of carboxylic acids is 1. The number of alkyl halides is 3. The molecule has 1 heterocycles. The van der Waals surface area contributed by atoms with Crippen molar-refractivity contribution in [2.75, 3.05) is 6.54 Å². The van der Waals surface area contributed by atoms with Gasteiger partial charge in [-0.3, -0.25) is 5.32 Å². The van der Waals surface area contributed by atoms with Crippen molar-refractivity contribution in [3.05, 3.63) is 23.9 Å². The molecule has 0 bridgehead atoms. The van der Waals surface area contributed by atoms with E-state index in [1.54, 1.807) is 6.92 Å². The van der Waals surface area contributed by atoms with Gasteiger partial charge >= 0.3 is 12.1 Å². The normalized spacial score (nSPS) is 24.1. The molecule has 0 aliphatic carbocycles. The van der Waals surface area contributed by atoms with Crippen LogP contribution in [0.4, 0.5) is 13.2 Å². The largest absolute Gasteiger partial charge is 0.478 e. The Hall–Kier alpha value is -1.50. The predicted octanol–water partition coefficient (Wildman–Crippen LogP) is 1.37. The van der Waals surface area contributed by atoms with Crippen LogP contribution in [0.5, 0.6) is 0 Å². The highest BCUT2D eigenvalue weighted by Gasteiger charge is 2.40. The second-order valence-corrected chi connectivity index (χ2v) is 3.62. The maximum atomic E-state index is 12.2. The van der Waals surface area contributed by atoms with E-state index >= 15 is 0 Å². The lowest BCUT2D eigenvalue weighted by Crippen LogP contribution is -2.60. The summed E-state index contributed by atoms with van der Waals surface area (Å²) in [5, 5.41) is 13.8. The van der Waals surface area contributed by atoms with Gasteiger partial charge in [0, 0.05) is 0 Å². The molecule has 0 radical (unpaired) electrons. The highest BCUT2D eigenvalue weighted by Crippen LogP contribution is 2.23. The van der Waals surface area contributed by atoms with E-state index < -0.39 is 24.4 Å². The van der Waals surface area contributed by atoms with Crippen molar-refractivity contribution in [1.29, 1.82) is 0 Å². The van der Waals surface area contributed by atoms with E-state index in [-0.39, 0.29) is 12.0 Å². The Kier molecular flexibility index (Phi) is 3.82. The first-order chi connectivity index (χ1) is 7.81. The van der Waals surface area contributed by atoms with Gasteiger partial charge in [0.1, 0.15) is 5.66 Å². The van der Waals surface area contributed by atoms with Crippen LogP contribution in [0.2, 0.25) is 0 Å². The molecule has 0 saturated heterocycles. The summed E-state index contributed by atoms with van der Waals surface area (Å²) in [6.07, 6.45) is -0.0855. The van der Waals surface area contributed by atoms with Gasteiger partial charge in [-0.05, 0) is 24.8 Å². The highest BCUT2D eigenvalue weighted by molar-refractivity contribution is 5.90. The number of carboxylic acid groups (broad SMARTS) is 1. The van der Waals surface area contributed by atoms with Crippen LogP contribution in [0.1, 0.15) is 13.3 Å². The fraction of sp³-hybridized carbons (Fsp3) is 0.500. The van der Waals surface area contributed by atoms with Gasteiger partial charge in [-0.15, -0.1) is 0 Å². The number of nitrogens with one attached hydrogen (secondary N) is 2. The second kappa shape index (κ2) is 4.79. The van der Waals surface area contributed by atoms with Gasteiger partial charge in [-0.1, -0.05) is 6.92 Å². The number of aliphatic carboxylic acids is 1. The number of rotatable bonds is 4. The summed E-state index contributed by atoms with van der Waals surface area (Å²) >= 11 is 0. The van der Waals surface area contributed by atoms with E-state index in [9.17, 15) is 18.0 Å². The maximum absolute atomic E-state index is 12.2. The minimum absolute atomic E-state index is 0.133. The fourth-order valence-corrected chi connectivity index (χ4v) is 1.62. The molecule has 1 unspecified atom stereocenters. The molecule has 1 rings (SSSR count). The number of halogens is 3. The molecule has 0 fully saturated rings. The molecule has 3 N–H and O–H groups in total. The minimum Gasteiger partial charge on any atom is -0.478 e. The maximum Gasteiger partial charge on any atom is 0.401 e. The van der Waals surface area contributed by atoms with Crippen LogP contribution in [0.25, 0.3) is 0 Å². The fourth-order valence-electron chi connectivity index (χ4n) is 1.62. The first-order valence-corrected chi connectivity index (χ1v) is 5.01. The molecule has 96 valence electrons. The number of allylic oxidation sites excluding steroid dienone is 2. The summed E-state index contributed by atoms with van der Waals surface area (Å²) in [7, 11) is 0. The van der Waals surface area contributed by atoms with Gasteiger partial charge in [-0.25, -0.2) is 4.79 Å². The molecule has 17 heavy (non-hydrogen) atoms. The van der Waals surface area contributed by atoms with Gasteiger partial charge in [0.25, 0.3) is 0 Å². The van der Waals surface area contributed by atoms with E-state index in [1.807, 2.05) is 0 Å². The van der Waals surface area contributed by atoms with Crippen LogP contribution in [0, 0.1) is 0 Å². The third kappa shape index (κ3) is 3.23. The summed E-state index contributed by atoms with van der Waals surface area (Å²) in [4.78, 5) is 11.0. The van der Waals surface area contributed by atoms with Crippen LogP contribution in [-0.2, 0) is 4.79 Å². The number of carbonyl (C=O) groups is 1. The molecule has 0 aromatic rings. The zero-order valence-electron chi connectivity index (χ0n) is 9.14. The van der Waals surface area contributed by atoms with E-state index in [2.05, 4.69) is 10.6 Å². The molecule has 0 amide bonds. The third-order valence-electron chi connectivity index (χ3n) is 2.50. The average Bonchev–Trinajstić information content (AvgIpc) is 2.25. The van der Waals surface area contributed by atoms with Crippen LogP contribution >= 0.6 is 0 Å². The molecule has 0 aromatic carbocycles. The molecular weight excluding hydrogens is 237 g/mol. The van der Waals surface area contributed by atoms with Crippen molar-refractivity contribution in [2.45, 2.75) is 25.2 Å². The summed E-state index contributed by atoms with van der Waals surface area (Å²) in [6.45, 7) is 0.346. The van der Waals surface area contributed by atoms with Crippen LogP contribution in [0.15, 0.2) is 23.9 Å². The highest BCUT2D eigenvalue weighted by atomic mass is 19.4. The van der Waals surface area contributed by atoms with Crippen molar-refractivity contribution in [3.63, 3.8) is 0 Å². The molecule has 0 aromatic heterocycles. The van der Waals surface area contributed by atoms with Gasteiger partial charge in [0.05, 0.1) is 12.1 Å². The summed E-state index contributed by atoms with van der Waals surface area (Å²) < 4.78 is 36.5. The van der Waals surface area contributed by atoms with Crippen LogP contribution < -0.4 is 10.6 Å². The van der Waals surface area contributed by atoms with Crippen molar-refractivity contribution in [3.8, 4) is 0 Å². The SMILES string of the molecule is CCC1(NCC(F)(F)F)NC=CC=C1C(=O)O. The van der Waals surface area contributed by atoms with Crippen molar-refractivity contribution < 1.29 is 23.1 Å². The lowest BCUT2D eigenvalue weighted by atomic mass is 9.93. The van der Waals surface area contributed by atoms with Crippen molar-refractivity contribution in [2.24, 2.45) is 0 Å². The zero-order chi connectivity index (χ0) is 13.1. The Bertz CT molecular complexity index is 363. The van der Waals surface area contributed by atoms with E-state index in [1.165, 1.54) is 18.4 Å². The summed E-state index contributed by atoms with van der Waals surface area (Å²) in [6, 6.07) is 0. The smallest absolute Gasteiger partial charge is 0.401 e. The zero-order valence-corrected chi connectivity index (χ0v) is 9.14. The van der Waals surface area contributed by atoms with Gasteiger partial charge in [-0.2, -0.15) is 13.2 Å². The lowest BCUT2D eigenvalue weighted by molar-refractivity contribution is -0.137. The van der Waals surface area contributed by atoms with Crippen molar-refractivity contribution >= 4 is 5.97 Å². The predicted molar refractivity (Wildman–Crippen MR) is 55.1 cm³/mol. The molecule has 7 heteroatoms. The van der Waals surface area contributed by atoms with Gasteiger partial charge in [0.2, 0.25) is 0 Å². The Balaban J connectivity index is 2.91. The number of hydrogen-bond acceptors (Lipinski definition) is 3. The number of hydrogen-bond donors (Lipinski definition) is 3. The first-order valence-electron chi connectivity index (χ1n) is 5.01. The standard InChI is InChI=1S/C10H13F3N2O2/c1-2-9(15-6-10(11,12)13)7(8(16)17)4-3-5-14-9/h3-5,14-15H,2,6H2,1H3,(H,16,17). The third-order valence-corrected chi connectivity index (χ3v) is 2.50. The molecule has 4 nitrogen and oxygen atoms in total. The van der Waals surface area contributed by atoms with E-state index in [4.69, 9.17) is 5.11 Å². The number of dihydropyridines is 1. The molecule has 0 saturated carbocycles. The molecule has 0 spiro atoms. The Morgan fingerprint density at radius 2 is 2.24 bits per heavy atom. The van der Waals surface area contributed by atoms with E-state index in [0.29, 0.717) is 0 Å². The first kappa shape index (κ1) is 13.6. The summed E-state index contributed by atoms with van der Waals surface area (Å²) in [5.41, 5.74) is -1.51. The Labute approximate surface area is 96.2 Å². The van der Waals surface area contributed by atoms with Crippen molar-refractivity contribution in [1.82, 2.24) is 10.6 Å². The quantitative estimate of drug-likeness (QED) is 0.705. The summed E-state index contributed by atoms with van der Waals surface area (Å²) in [5.74, 6) is -1.25. The monoisotopic (exact) mass is 250 g/mol. The molecule has 1 aliphatic rings. The lowest BCUT2D eigenvalue weighted by Gasteiger charge is -2.37. The minimum atomic E-state index is -4.39. The van der Waals surface area contributed by atoms with Crippen LogP contribution in [0.3, 0.4) is 0 Å². The Morgan fingerprint density at radius 1 is 1.59 bits per heavy atom. The molecule has 1 atom stereocenters. The topological polar surface area (TPSA) is 61.4 Å². The Morgan fingerprint density at radius 3 is 2.71 bits per heavy atom. The van der Waals surface area contributed by atoms with Gasteiger partial charge in [0.15, 0.2) is 0 Å². The second-order valence-electron chi connectivity index (χ2n) is 3.62. The van der Waals surface area contributed by atoms with E-state index in [0.717, 1.165) is 0 Å². The molecular formula is C10H13F3N2O2. The molecule has 1 aliphatic heterocycles.